The van der Waals surface area contributed by atoms with Gasteiger partial charge in [-0.15, -0.1) is 12.4 Å². The molecule has 2 heterocycles. The van der Waals surface area contributed by atoms with Gasteiger partial charge in [-0.05, 0) is 62.1 Å². The maximum Gasteiger partial charge on any atom is 0.223 e. The molecule has 3 rings (SSSR count). The van der Waals surface area contributed by atoms with Gasteiger partial charge in [0.15, 0.2) is 0 Å². The topological polar surface area (TPSA) is 41.1 Å². The van der Waals surface area contributed by atoms with Crippen molar-refractivity contribution >= 4 is 30.1 Å². The molecule has 5 heteroatoms. The van der Waals surface area contributed by atoms with Crippen LogP contribution in [0, 0.1) is 11.3 Å². The Morgan fingerprint density at radius 2 is 1.89 bits per heavy atom. The first-order chi connectivity index (χ1) is 8.30. The number of nitrogens with one attached hydrogen (secondary N) is 2. The van der Waals surface area contributed by atoms with E-state index in [-0.39, 0.29) is 12.4 Å². The summed E-state index contributed by atoms with van der Waals surface area (Å²) in [6.07, 6.45) is 5.87. The minimum atomic E-state index is 0. The number of amides is 1. The lowest BCUT2D eigenvalue weighted by Gasteiger charge is -2.25. The van der Waals surface area contributed by atoms with Crippen molar-refractivity contribution in [3.05, 3.63) is 0 Å². The molecule has 0 aromatic heterocycles. The molecule has 1 unspecified atom stereocenters. The molecule has 1 amide bonds. The molecule has 1 saturated carbocycles. The van der Waals surface area contributed by atoms with Crippen molar-refractivity contribution in [1.82, 2.24) is 10.6 Å². The first-order valence-electron chi connectivity index (χ1n) is 6.89. The summed E-state index contributed by atoms with van der Waals surface area (Å²) in [5.41, 5.74) is 0.388. The molecule has 18 heavy (non-hydrogen) atoms. The largest absolute Gasteiger partial charge is 0.353 e. The van der Waals surface area contributed by atoms with Crippen LogP contribution in [0.3, 0.4) is 0 Å². The zero-order chi connectivity index (χ0) is 11.7. The molecule has 1 spiro atoms. The van der Waals surface area contributed by atoms with Crippen molar-refractivity contribution in [2.45, 2.75) is 38.1 Å². The maximum atomic E-state index is 12.2. The highest BCUT2D eigenvalue weighted by molar-refractivity contribution is 7.99. The van der Waals surface area contributed by atoms with Crippen molar-refractivity contribution in [3.8, 4) is 0 Å². The van der Waals surface area contributed by atoms with Crippen LogP contribution in [-0.2, 0) is 4.79 Å². The summed E-state index contributed by atoms with van der Waals surface area (Å²) < 4.78 is 0. The molecule has 3 fully saturated rings. The summed E-state index contributed by atoms with van der Waals surface area (Å²) in [7, 11) is 0. The van der Waals surface area contributed by atoms with E-state index < -0.39 is 0 Å². The highest BCUT2D eigenvalue weighted by Gasteiger charge is 2.57. The number of thioether (sulfide) groups is 1. The van der Waals surface area contributed by atoms with Gasteiger partial charge in [0.25, 0.3) is 0 Å². The highest BCUT2D eigenvalue weighted by Crippen LogP contribution is 2.58. The fourth-order valence-electron chi connectivity index (χ4n) is 3.34. The molecule has 0 radical (unpaired) electrons. The minimum Gasteiger partial charge on any atom is -0.353 e. The summed E-state index contributed by atoms with van der Waals surface area (Å²) in [5, 5.41) is 6.67. The van der Waals surface area contributed by atoms with E-state index in [1.54, 1.807) is 0 Å². The average molecular weight is 291 g/mol. The number of rotatable bonds is 2. The van der Waals surface area contributed by atoms with E-state index in [4.69, 9.17) is 0 Å². The van der Waals surface area contributed by atoms with Crippen LogP contribution in [0.2, 0.25) is 0 Å². The zero-order valence-electron chi connectivity index (χ0n) is 10.7. The van der Waals surface area contributed by atoms with E-state index in [0.717, 1.165) is 32.4 Å². The van der Waals surface area contributed by atoms with Crippen LogP contribution in [0.4, 0.5) is 0 Å². The highest BCUT2D eigenvalue weighted by atomic mass is 35.5. The van der Waals surface area contributed by atoms with Crippen LogP contribution in [0.1, 0.15) is 32.1 Å². The van der Waals surface area contributed by atoms with Crippen LogP contribution >= 0.6 is 24.2 Å². The van der Waals surface area contributed by atoms with Crippen molar-refractivity contribution in [2.75, 3.05) is 24.6 Å². The van der Waals surface area contributed by atoms with Gasteiger partial charge in [0.1, 0.15) is 0 Å². The van der Waals surface area contributed by atoms with Gasteiger partial charge in [0.05, 0.1) is 0 Å². The standard InChI is InChI=1S/C13H22N2OS.ClH/c16-12(15-10-1-7-17-8-2-10)11-9-13(11)3-5-14-6-4-13;/h10-11,14H,1-9H2,(H,15,16);1H. The zero-order valence-corrected chi connectivity index (χ0v) is 12.4. The molecule has 3 aliphatic rings. The molecule has 2 saturated heterocycles. The number of hydrogen-bond acceptors (Lipinski definition) is 3. The van der Waals surface area contributed by atoms with Crippen LogP contribution in [0.25, 0.3) is 0 Å². The van der Waals surface area contributed by atoms with Crippen molar-refractivity contribution in [3.63, 3.8) is 0 Å². The summed E-state index contributed by atoms with van der Waals surface area (Å²) in [6.45, 7) is 2.20. The van der Waals surface area contributed by atoms with Gasteiger partial charge < -0.3 is 10.6 Å². The Labute approximate surface area is 120 Å². The summed E-state index contributed by atoms with van der Waals surface area (Å²) in [5.74, 6) is 3.11. The van der Waals surface area contributed by atoms with Crippen LogP contribution in [-0.4, -0.2) is 36.5 Å². The number of carbonyl (C=O) groups excluding carboxylic acids is 1. The van der Waals surface area contributed by atoms with E-state index >= 15 is 0 Å². The molecular weight excluding hydrogens is 268 g/mol. The van der Waals surface area contributed by atoms with Crippen LogP contribution in [0.5, 0.6) is 0 Å². The van der Waals surface area contributed by atoms with Gasteiger partial charge in [-0.1, -0.05) is 0 Å². The SMILES string of the molecule is Cl.O=C(NC1CCSCC1)C1CC12CCNCC2. The maximum absolute atomic E-state index is 12.2. The Morgan fingerprint density at radius 3 is 2.56 bits per heavy atom. The predicted molar refractivity (Wildman–Crippen MR) is 78.4 cm³/mol. The molecule has 2 N–H and O–H groups in total. The third-order valence-corrected chi connectivity index (χ3v) is 5.72. The van der Waals surface area contributed by atoms with Crippen molar-refractivity contribution in [1.29, 1.82) is 0 Å². The summed E-state index contributed by atoms with van der Waals surface area (Å²) in [4.78, 5) is 12.2. The number of carbonyl (C=O) groups is 1. The molecule has 0 aromatic carbocycles. The lowest BCUT2D eigenvalue weighted by molar-refractivity contribution is -0.124. The van der Waals surface area contributed by atoms with E-state index in [9.17, 15) is 4.79 Å². The summed E-state index contributed by atoms with van der Waals surface area (Å²) in [6, 6.07) is 0.461. The first kappa shape index (κ1) is 14.5. The van der Waals surface area contributed by atoms with Gasteiger partial charge in [0, 0.05) is 12.0 Å². The van der Waals surface area contributed by atoms with E-state index in [1.165, 1.54) is 24.3 Å². The minimum absolute atomic E-state index is 0. The van der Waals surface area contributed by atoms with Crippen molar-refractivity contribution in [2.24, 2.45) is 11.3 Å². The van der Waals surface area contributed by atoms with Crippen molar-refractivity contribution < 1.29 is 4.79 Å². The lowest BCUT2D eigenvalue weighted by Crippen LogP contribution is -2.40. The fourth-order valence-corrected chi connectivity index (χ4v) is 4.45. The van der Waals surface area contributed by atoms with Gasteiger partial charge in [-0.3, -0.25) is 4.79 Å². The third kappa shape index (κ3) is 2.97. The van der Waals surface area contributed by atoms with Gasteiger partial charge >= 0.3 is 0 Å². The number of halogens is 1. The van der Waals surface area contributed by atoms with Crippen LogP contribution in [0.15, 0.2) is 0 Å². The van der Waals surface area contributed by atoms with Gasteiger partial charge in [-0.2, -0.15) is 11.8 Å². The molecule has 104 valence electrons. The molecule has 2 aliphatic heterocycles. The second-order valence-corrected chi connectivity index (χ2v) is 6.99. The van der Waals surface area contributed by atoms with Gasteiger partial charge in [0.2, 0.25) is 5.91 Å². The Bertz CT molecular complexity index is 301. The third-order valence-electron chi connectivity index (χ3n) is 4.67. The quantitative estimate of drug-likeness (QED) is 0.815. The average Bonchev–Trinajstić information content (AvgIpc) is 3.05. The second kappa shape index (κ2) is 6.02. The molecule has 0 aromatic rings. The fraction of sp³-hybridized carbons (Fsp3) is 0.923. The monoisotopic (exact) mass is 290 g/mol. The lowest BCUT2D eigenvalue weighted by atomic mass is 9.91. The predicted octanol–water partition coefficient (Wildman–Crippen LogP) is 1.81. The Morgan fingerprint density at radius 1 is 1.22 bits per heavy atom. The first-order valence-corrected chi connectivity index (χ1v) is 8.04. The molecule has 0 bridgehead atoms. The smallest absolute Gasteiger partial charge is 0.223 e. The number of piperidine rings is 1. The van der Waals surface area contributed by atoms with E-state index in [1.807, 2.05) is 11.8 Å². The van der Waals surface area contributed by atoms with Crippen LogP contribution < -0.4 is 10.6 Å². The normalized spacial score (nSPS) is 30.6. The number of hydrogen-bond donors (Lipinski definition) is 2. The summed E-state index contributed by atoms with van der Waals surface area (Å²) >= 11 is 2.01. The molecule has 1 atom stereocenters. The Hall–Kier alpha value is 0.0700. The van der Waals surface area contributed by atoms with E-state index in [2.05, 4.69) is 10.6 Å². The van der Waals surface area contributed by atoms with E-state index in [0.29, 0.717) is 23.3 Å². The molecule has 1 aliphatic carbocycles. The Balaban J connectivity index is 0.00000120. The molecule has 3 nitrogen and oxygen atoms in total. The van der Waals surface area contributed by atoms with Gasteiger partial charge in [-0.25, -0.2) is 0 Å². The Kier molecular flexibility index (Phi) is 4.84. The second-order valence-electron chi connectivity index (χ2n) is 5.76. The molecular formula is C13H23ClN2OS.